The number of rotatable bonds is 14. The Morgan fingerprint density at radius 1 is 0.517 bits per heavy atom. The number of carbonyl (C=O) groups excluding carboxylic acids is 2. The first kappa shape index (κ1) is 22.7. The average molecular weight is 397 g/mol. The molecule has 0 radical (unpaired) electrons. The lowest BCUT2D eigenvalue weighted by Gasteiger charge is -2.06. The van der Waals surface area contributed by atoms with Crippen molar-refractivity contribution >= 4 is 11.9 Å². The fraction of sp³-hybridized carbons (Fsp3) is 0.440. The van der Waals surface area contributed by atoms with Gasteiger partial charge >= 0.3 is 11.9 Å². The van der Waals surface area contributed by atoms with Gasteiger partial charge in [-0.15, -0.1) is 0 Å². The van der Waals surface area contributed by atoms with E-state index in [9.17, 15) is 9.59 Å². The van der Waals surface area contributed by atoms with Crippen molar-refractivity contribution in [3.63, 3.8) is 0 Å². The molecule has 4 heteroatoms. The van der Waals surface area contributed by atoms with Gasteiger partial charge < -0.3 is 9.47 Å². The molecule has 0 atom stereocenters. The molecule has 0 spiro atoms. The number of unbranched alkanes of at least 4 members (excludes halogenated alkanes) is 6. The van der Waals surface area contributed by atoms with Crippen LogP contribution in [0.25, 0.3) is 0 Å². The molecule has 0 saturated heterocycles. The van der Waals surface area contributed by atoms with Crippen LogP contribution in [0.4, 0.5) is 0 Å². The van der Waals surface area contributed by atoms with E-state index in [0.29, 0.717) is 26.1 Å². The van der Waals surface area contributed by atoms with Crippen LogP contribution in [0, 0.1) is 0 Å². The maximum atomic E-state index is 11.7. The molecule has 0 amide bonds. The van der Waals surface area contributed by atoms with E-state index in [-0.39, 0.29) is 11.9 Å². The Morgan fingerprint density at radius 2 is 0.862 bits per heavy atom. The zero-order valence-corrected chi connectivity index (χ0v) is 17.2. The highest BCUT2D eigenvalue weighted by molar-refractivity contribution is 5.69. The summed E-state index contributed by atoms with van der Waals surface area (Å²) in [5.41, 5.74) is 2.04. The van der Waals surface area contributed by atoms with Crippen LogP contribution in [0.1, 0.15) is 68.9 Å². The first-order valence-corrected chi connectivity index (χ1v) is 10.6. The molecule has 0 saturated carbocycles. The third-order valence-electron chi connectivity index (χ3n) is 4.75. The predicted octanol–water partition coefficient (Wildman–Crippen LogP) is 5.98. The van der Waals surface area contributed by atoms with Crippen LogP contribution in [0.15, 0.2) is 60.7 Å². The monoisotopic (exact) mass is 396 g/mol. The van der Waals surface area contributed by atoms with Crippen molar-refractivity contribution in [2.24, 2.45) is 0 Å². The predicted molar refractivity (Wildman–Crippen MR) is 114 cm³/mol. The largest absolute Gasteiger partial charge is 0.461 e. The van der Waals surface area contributed by atoms with Gasteiger partial charge in [0.2, 0.25) is 0 Å². The van der Waals surface area contributed by atoms with Gasteiger partial charge in [-0.05, 0) is 24.0 Å². The second kappa shape index (κ2) is 14.4. The van der Waals surface area contributed by atoms with Crippen LogP contribution in [0.5, 0.6) is 0 Å². The Bertz CT molecular complexity index is 636. The van der Waals surface area contributed by atoms with Gasteiger partial charge in [0.15, 0.2) is 0 Å². The molecular formula is C25H32O4. The van der Waals surface area contributed by atoms with Crippen molar-refractivity contribution in [2.75, 3.05) is 0 Å². The molecule has 29 heavy (non-hydrogen) atoms. The molecule has 0 fully saturated rings. The van der Waals surface area contributed by atoms with Crippen LogP contribution in [-0.4, -0.2) is 11.9 Å². The lowest BCUT2D eigenvalue weighted by molar-refractivity contribution is -0.146. The van der Waals surface area contributed by atoms with E-state index < -0.39 is 0 Å². The molecule has 0 aromatic heterocycles. The van der Waals surface area contributed by atoms with E-state index in [4.69, 9.17) is 9.47 Å². The van der Waals surface area contributed by atoms with Gasteiger partial charge in [-0.25, -0.2) is 0 Å². The van der Waals surface area contributed by atoms with Crippen molar-refractivity contribution in [3.8, 4) is 0 Å². The maximum absolute atomic E-state index is 11.7. The fourth-order valence-corrected chi connectivity index (χ4v) is 3.04. The number of esters is 2. The van der Waals surface area contributed by atoms with Gasteiger partial charge in [0.05, 0.1) is 0 Å². The number of benzene rings is 2. The average Bonchev–Trinajstić information content (AvgIpc) is 2.76. The zero-order valence-electron chi connectivity index (χ0n) is 17.2. The summed E-state index contributed by atoms with van der Waals surface area (Å²) < 4.78 is 10.6. The summed E-state index contributed by atoms with van der Waals surface area (Å²) in [5, 5.41) is 0. The van der Waals surface area contributed by atoms with Crippen LogP contribution >= 0.6 is 0 Å². The molecule has 2 aromatic carbocycles. The summed E-state index contributed by atoms with van der Waals surface area (Å²) in [6.45, 7) is 0.709. The van der Waals surface area contributed by atoms with Crippen molar-refractivity contribution in [2.45, 2.75) is 71.0 Å². The van der Waals surface area contributed by atoms with E-state index in [0.717, 1.165) is 56.1 Å². The third kappa shape index (κ3) is 11.1. The highest BCUT2D eigenvalue weighted by atomic mass is 16.5. The molecule has 2 rings (SSSR count). The third-order valence-corrected chi connectivity index (χ3v) is 4.75. The van der Waals surface area contributed by atoms with E-state index in [1.807, 2.05) is 60.7 Å². The topological polar surface area (TPSA) is 52.6 Å². The number of carbonyl (C=O) groups is 2. The molecule has 0 N–H and O–H groups in total. The first-order valence-electron chi connectivity index (χ1n) is 10.6. The summed E-state index contributed by atoms with van der Waals surface area (Å²) in [4.78, 5) is 23.5. The number of hydrogen-bond donors (Lipinski definition) is 0. The van der Waals surface area contributed by atoms with E-state index in [2.05, 4.69) is 0 Å². The number of hydrogen-bond acceptors (Lipinski definition) is 4. The van der Waals surface area contributed by atoms with Gasteiger partial charge in [-0.2, -0.15) is 0 Å². The van der Waals surface area contributed by atoms with Crippen LogP contribution in [-0.2, 0) is 32.3 Å². The molecule has 0 heterocycles. The molecule has 0 unspecified atom stereocenters. The summed E-state index contributed by atoms with van der Waals surface area (Å²) in [7, 11) is 0. The van der Waals surface area contributed by atoms with Crippen LogP contribution < -0.4 is 0 Å². The SMILES string of the molecule is O=C(CCCCCCCCCC(=O)OCc1ccccc1)OCc1ccccc1. The van der Waals surface area contributed by atoms with E-state index in [1.54, 1.807) is 0 Å². The van der Waals surface area contributed by atoms with Crippen molar-refractivity contribution in [1.29, 1.82) is 0 Å². The van der Waals surface area contributed by atoms with E-state index in [1.165, 1.54) is 0 Å². The standard InChI is InChI=1S/C25H32O4/c26-24(28-20-22-14-8-6-9-15-22)18-12-4-2-1-3-5-13-19-25(27)29-21-23-16-10-7-11-17-23/h6-11,14-17H,1-5,12-13,18-21H2. The van der Waals surface area contributed by atoms with Gasteiger partial charge in [0.1, 0.15) is 13.2 Å². The Balaban J connectivity index is 1.36. The van der Waals surface area contributed by atoms with Crippen LogP contribution in [0.2, 0.25) is 0 Å². The Hall–Kier alpha value is -2.62. The van der Waals surface area contributed by atoms with Gasteiger partial charge in [-0.3, -0.25) is 9.59 Å². The smallest absolute Gasteiger partial charge is 0.306 e. The Kier molecular flexibility index (Phi) is 11.2. The quantitative estimate of drug-likeness (QED) is 0.291. The van der Waals surface area contributed by atoms with Crippen molar-refractivity contribution in [3.05, 3.63) is 71.8 Å². The fourth-order valence-electron chi connectivity index (χ4n) is 3.04. The second-order valence-corrected chi connectivity index (χ2v) is 7.27. The molecule has 2 aromatic rings. The Labute approximate surface area is 174 Å². The lowest BCUT2D eigenvalue weighted by atomic mass is 10.1. The lowest BCUT2D eigenvalue weighted by Crippen LogP contribution is -2.04. The van der Waals surface area contributed by atoms with Gasteiger partial charge in [0, 0.05) is 12.8 Å². The Morgan fingerprint density at radius 3 is 1.24 bits per heavy atom. The van der Waals surface area contributed by atoms with E-state index >= 15 is 0 Å². The number of ether oxygens (including phenoxy) is 2. The van der Waals surface area contributed by atoms with Crippen LogP contribution in [0.3, 0.4) is 0 Å². The van der Waals surface area contributed by atoms with Crippen molar-refractivity contribution < 1.29 is 19.1 Å². The first-order chi connectivity index (χ1) is 14.2. The summed E-state index contributed by atoms with van der Waals surface area (Å²) in [5.74, 6) is -0.245. The molecular weight excluding hydrogens is 364 g/mol. The van der Waals surface area contributed by atoms with Gasteiger partial charge in [0.25, 0.3) is 0 Å². The summed E-state index contributed by atoms with van der Waals surface area (Å²) >= 11 is 0. The minimum absolute atomic E-state index is 0.122. The summed E-state index contributed by atoms with van der Waals surface area (Å²) in [6, 6.07) is 19.5. The van der Waals surface area contributed by atoms with Gasteiger partial charge in [-0.1, -0.05) is 92.8 Å². The molecule has 0 aliphatic rings. The highest BCUT2D eigenvalue weighted by Crippen LogP contribution is 2.11. The second-order valence-electron chi connectivity index (χ2n) is 7.27. The molecule has 4 nitrogen and oxygen atoms in total. The van der Waals surface area contributed by atoms with Crippen molar-refractivity contribution in [1.82, 2.24) is 0 Å². The highest BCUT2D eigenvalue weighted by Gasteiger charge is 2.04. The normalized spacial score (nSPS) is 10.5. The zero-order chi connectivity index (χ0) is 20.6. The molecule has 0 aliphatic carbocycles. The molecule has 156 valence electrons. The maximum Gasteiger partial charge on any atom is 0.306 e. The minimum atomic E-state index is -0.122. The molecule has 0 bridgehead atoms. The summed E-state index contributed by atoms with van der Waals surface area (Å²) in [6.07, 6.45) is 8.17. The minimum Gasteiger partial charge on any atom is -0.461 e. The molecule has 0 aliphatic heterocycles.